The second-order valence-electron chi connectivity index (χ2n) is 5.29. The molecule has 0 radical (unpaired) electrons. The summed E-state index contributed by atoms with van der Waals surface area (Å²) < 4.78 is 51.8. The zero-order chi connectivity index (χ0) is 19.4. The van der Waals surface area contributed by atoms with E-state index in [1.54, 1.807) is 6.07 Å². The lowest BCUT2D eigenvalue weighted by molar-refractivity contribution is -0.137. The molecule has 3 aromatic rings. The molecule has 0 aliphatic heterocycles. The summed E-state index contributed by atoms with van der Waals surface area (Å²) in [5.74, 6) is -0.881. The van der Waals surface area contributed by atoms with Gasteiger partial charge in [0.1, 0.15) is 5.82 Å². The molecule has 1 N–H and O–H groups in total. The monoisotopic (exact) mass is 413 g/mol. The van der Waals surface area contributed by atoms with Crippen LogP contribution in [0.5, 0.6) is 0 Å². The van der Waals surface area contributed by atoms with Crippen LogP contribution in [0.25, 0.3) is 0 Å². The Bertz CT molecular complexity index is 942. The number of rotatable bonds is 5. The van der Waals surface area contributed by atoms with Gasteiger partial charge in [0.25, 0.3) is 5.91 Å². The molecule has 4 nitrogen and oxygen atoms in total. The van der Waals surface area contributed by atoms with Crippen LogP contribution >= 0.6 is 23.1 Å². The highest BCUT2D eigenvalue weighted by Crippen LogP contribution is 2.31. The van der Waals surface area contributed by atoms with E-state index in [1.807, 2.05) is 0 Å². The molecule has 0 unspecified atom stereocenters. The average Bonchev–Trinajstić information content (AvgIpc) is 3.07. The Morgan fingerprint density at radius 2 is 1.78 bits per heavy atom. The van der Waals surface area contributed by atoms with Crippen LogP contribution in [0.1, 0.15) is 21.5 Å². The maximum Gasteiger partial charge on any atom is 0.416 e. The van der Waals surface area contributed by atoms with Gasteiger partial charge in [-0.25, -0.2) is 4.39 Å². The van der Waals surface area contributed by atoms with E-state index in [0.29, 0.717) is 15.7 Å². The topological polar surface area (TPSA) is 54.9 Å². The zero-order valence-electron chi connectivity index (χ0n) is 13.5. The molecule has 0 atom stereocenters. The summed E-state index contributed by atoms with van der Waals surface area (Å²) in [7, 11) is 0. The molecule has 140 valence electrons. The first-order valence-electron chi connectivity index (χ1n) is 7.51. The molecule has 3 rings (SSSR count). The first-order chi connectivity index (χ1) is 12.8. The summed E-state index contributed by atoms with van der Waals surface area (Å²) in [6.07, 6.45) is -4.36. The van der Waals surface area contributed by atoms with Crippen molar-refractivity contribution in [1.29, 1.82) is 0 Å². The van der Waals surface area contributed by atoms with E-state index < -0.39 is 23.5 Å². The molecular formula is C17H11F4N3OS2. The van der Waals surface area contributed by atoms with Gasteiger partial charge in [0, 0.05) is 5.75 Å². The van der Waals surface area contributed by atoms with Crippen molar-refractivity contribution < 1.29 is 22.4 Å². The van der Waals surface area contributed by atoms with Gasteiger partial charge in [0.2, 0.25) is 5.13 Å². The zero-order valence-corrected chi connectivity index (χ0v) is 15.1. The summed E-state index contributed by atoms with van der Waals surface area (Å²) in [4.78, 5) is 12.0. The number of hydrogen-bond acceptors (Lipinski definition) is 5. The first kappa shape index (κ1) is 19.3. The Morgan fingerprint density at radius 3 is 2.44 bits per heavy atom. The molecule has 0 aliphatic rings. The van der Waals surface area contributed by atoms with Gasteiger partial charge in [-0.1, -0.05) is 47.4 Å². The largest absolute Gasteiger partial charge is 0.416 e. The highest BCUT2D eigenvalue weighted by Gasteiger charge is 2.29. The highest BCUT2D eigenvalue weighted by atomic mass is 32.2. The lowest BCUT2D eigenvalue weighted by Gasteiger charge is -2.06. The fourth-order valence-corrected chi connectivity index (χ4v) is 3.77. The van der Waals surface area contributed by atoms with E-state index in [9.17, 15) is 22.4 Å². The number of thioether (sulfide) groups is 1. The van der Waals surface area contributed by atoms with Gasteiger partial charge in [0.15, 0.2) is 4.34 Å². The Morgan fingerprint density at radius 1 is 1.07 bits per heavy atom. The fourth-order valence-electron chi connectivity index (χ4n) is 2.06. The average molecular weight is 413 g/mol. The first-order valence-corrected chi connectivity index (χ1v) is 9.31. The van der Waals surface area contributed by atoms with Gasteiger partial charge in [-0.05, 0) is 29.8 Å². The van der Waals surface area contributed by atoms with E-state index in [4.69, 9.17) is 0 Å². The van der Waals surface area contributed by atoms with Gasteiger partial charge >= 0.3 is 6.18 Å². The molecule has 0 fully saturated rings. The highest BCUT2D eigenvalue weighted by molar-refractivity contribution is 8.00. The van der Waals surface area contributed by atoms with Crippen molar-refractivity contribution in [2.24, 2.45) is 0 Å². The van der Waals surface area contributed by atoms with E-state index in [-0.39, 0.29) is 10.7 Å². The Labute approximate surface area is 159 Å². The summed E-state index contributed by atoms with van der Waals surface area (Å²) in [6.45, 7) is 0. The quantitative estimate of drug-likeness (QED) is 0.353. The number of carbonyl (C=O) groups excluding carboxylic acids is 1. The van der Waals surface area contributed by atoms with E-state index >= 15 is 0 Å². The Kier molecular flexibility index (Phi) is 5.76. The summed E-state index contributed by atoms with van der Waals surface area (Å²) in [5, 5.41) is 10.4. The molecule has 0 aliphatic carbocycles. The van der Waals surface area contributed by atoms with Gasteiger partial charge in [-0.15, -0.1) is 10.2 Å². The summed E-state index contributed by atoms with van der Waals surface area (Å²) in [5.41, 5.74) is -0.114. The van der Waals surface area contributed by atoms with Crippen LogP contribution in [0.4, 0.5) is 22.7 Å². The molecule has 10 heteroatoms. The van der Waals surface area contributed by atoms with Gasteiger partial charge in [-0.3, -0.25) is 10.1 Å². The minimum atomic E-state index is -4.36. The van der Waals surface area contributed by atoms with Crippen molar-refractivity contribution in [3.63, 3.8) is 0 Å². The molecular weight excluding hydrogens is 402 g/mol. The number of alkyl halides is 3. The summed E-state index contributed by atoms with van der Waals surface area (Å²) >= 11 is 2.37. The number of nitrogens with one attached hydrogen (secondary N) is 1. The van der Waals surface area contributed by atoms with E-state index in [1.165, 1.54) is 42.1 Å². The molecule has 2 aromatic carbocycles. The van der Waals surface area contributed by atoms with Crippen LogP contribution in [0, 0.1) is 5.82 Å². The third kappa shape index (κ3) is 5.04. The third-order valence-electron chi connectivity index (χ3n) is 3.39. The number of hydrogen-bond donors (Lipinski definition) is 1. The predicted octanol–water partition coefficient (Wildman–Crippen LogP) is 5.24. The van der Waals surface area contributed by atoms with Gasteiger partial charge in [-0.2, -0.15) is 13.2 Å². The van der Waals surface area contributed by atoms with Crippen molar-refractivity contribution in [2.45, 2.75) is 16.3 Å². The molecule has 27 heavy (non-hydrogen) atoms. The number of amides is 1. The summed E-state index contributed by atoms with van der Waals surface area (Å²) in [6, 6.07) is 10.4. The number of nitrogens with zero attached hydrogens (tertiary/aromatic N) is 2. The van der Waals surface area contributed by atoms with Crippen molar-refractivity contribution >= 4 is 34.1 Å². The maximum absolute atomic E-state index is 13.6. The van der Waals surface area contributed by atoms with E-state index in [0.717, 1.165) is 23.5 Å². The second kappa shape index (κ2) is 8.05. The van der Waals surface area contributed by atoms with Crippen LogP contribution in [0.3, 0.4) is 0 Å². The predicted molar refractivity (Wildman–Crippen MR) is 95.3 cm³/mol. The minimum absolute atomic E-state index is 0.105. The maximum atomic E-state index is 13.6. The SMILES string of the molecule is O=C(Nc1nnc(SCc2ccc(C(F)(F)F)cc2)s1)c1ccccc1F. The van der Waals surface area contributed by atoms with Crippen molar-refractivity contribution in [2.75, 3.05) is 5.32 Å². The molecule has 0 saturated heterocycles. The molecule has 0 saturated carbocycles. The van der Waals surface area contributed by atoms with Crippen LogP contribution in [0.15, 0.2) is 52.9 Å². The Balaban J connectivity index is 1.58. The lowest BCUT2D eigenvalue weighted by atomic mass is 10.1. The van der Waals surface area contributed by atoms with Crippen LogP contribution in [-0.4, -0.2) is 16.1 Å². The fraction of sp³-hybridized carbons (Fsp3) is 0.118. The molecule has 0 bridgehead atoms. The normalized spacial score (nSPS) is 11.4. The Hall–Kier alpha value is -2.46. The van der Waals surface area contributed by atoms with Crippen LogP contribution in [0.2, 0.25) is 0 Å². The standard InChI is InChI=1S/C17H11F4N3OS2/c18-13-4-2-1-3-12(13)14(25)22-15-23-24-16(27-15)26-9-10-5-7-11(8-6-10)17(19,20)21/h1-8H,9H2,(H,22,23,25). The molecule has 1 heterocycles. The lowest BCUT2D eigenvalue weighted by Crippen LogP contribution is -2.13. The van der Waals surface area contributed by atoms with E-state index in [2.05, 4.69) is 15.5 Å². The smallest absolute Gasteiger partial charge is 0.296 e. The van der Waals surface area contributed by atoms with Crippen LogP contribution in [-0.2, 0) is 11.9 Å². The number of benzene rings is 2. The molecule has 1 amide bonds. The number of carbonyl (C=O) groups is 1. The number of halogens is 4. The molecule has 0 spiro atoms. The van der Waals surface area contributed by atoms with Crippen molar-refractivity contribution in [1.82, 2.24) is 10.2 Å². The second-order valence-corrected chi connectivity index (χ2v) is 7.49. The number of anilines is 1. The third-order valence-corrected chi connectivity index (χ3v) is 5.43. The van der Waals surface area contributed by atoms with Crippen molar-refractivity contribution in [3.8, 4) is 0 Å². The minimum Gasteiger partial charge on any atom is -0.296 e. The number of aromatic nitrogens is 2. The van der Waals surface area contributed by atoms with Crippen molar-refractivity contribution in [3.05, 3.63) is 71.0 Å². The van der Waals surface area contributed by atoms with Gasteiger partial charge in [0.05, 0.1) is 11.1 Å². The van der Waals surface area contributed by atoms with Gasteiger partial charge < -0.3 is 0 Å². The van der Waals surface area contributed by atoms with Crippen LogP contribution < -0.4 is 5.32 Å². The molecule has 1 aromatic heterocycles.